The van der Waals surface area contributed by atoms with Gasteiger partial charge in [0.2, 0.25) is 0 Å². The predicted molar refractivity (Wildman–Crippen MR) is 117 cm³/mol. The van der Waals surface area contributed by atoms with Gasteiger partial charge in [-0.2, -0.15) is 0 Å². The molecule has 1 aliphatic heterocycles. The molecule has 2 heterocycles. The molecule has 0 atom stereocenters. The van der Waals surface area contributed by atoms with Crippen molar-refractivity contribution >= 4 is 57.2 Å². The van der Waals surface area contributed by atoms with Crippen LogP contribution in [0.1, 0.15) is 16.1 Å². The fourth-order valence-corrected chi connectivity index (χ4v) is 3.80. The molecule has 1 aromatic heterocycles. The predicted octanol–water partition coefficient (Wildman–Crippen LogP) is 4.28. The third-order valence-electron chi connectivity index (χ3n) is 4.35. The number of nitrogens with one attached hydrogen (secondary N) is 2. The largest absolute Gasteiger partial charge is 0.350 e. The summed E-state index contributed by atoms with van der Waals surface area (Å²) in [6, 6.07) is 11.3. The van der Waals surface area contributed by atoms with Gasteiger partial charge in [0.25, 0.3) is 17.7 Å². The van der Waals surface area contributed by atoms with Gasteiger partial charge in [0, 0.05) is 16.6 Å². The summed E-state index contributed by atoms with van der Waals surface area (Å²) >= 11 is 7.41. The molecule has 0 saturated carbocycles. The van der Waals surface area contributed by atoms with Gasteiger partial charge in [-0.15, -0.1) is 11.3 Å². The molecule has 0 spiro atoms. The first-order valence-electron chi connectivity index (χ1n) is 8.98. The number of thiazole rings is 1. The minimum Gasteiger partial charge on any atom is -0.350 e. The molecule has 31 heavy (non-hydrogen) atoms. The number of hydrogen-bond donors (Lipinski definition) is 2. The summed E-state index contributed by atoms with van der Waals surface area (Å²) in [6.07, 6.45) is 0. The van der Waals surface area contributed by atoms with Crippen LogP contribution in [0, 0.1) is 12.7 Å². The zero-order valence-corrected chi connectivity index (χ0v) is 17.6. The number of halogens is 2. The van der Waals surface area contributed by atoms with E-state index in [-0.39, 0.29) is 22.3 Å². The van der Waals surface area contributed by atoms with E-state index in [4.69, 9.17) is 11.6 Å². The number of carbonyl (C=O) groups excluding carboxylic acids is 3. The maximum atomic E-state index is 13.2. The Kier molecular flexibility index (Phi) is 5.53. The maximum Gasteiger partial charge on any atom is 0.283 e. The van der Waals surface area contributed by atoms with E-state index in [9.17, 15) is 18.8 Å². The van der Waals surface area contributed by atoms with E-state index in [0.717, 1.165) is 22.7 Å². The number of carbonyl (C=O) groups is 3. The van der Waals surface area contributed by atoms with Crippen LogP contribution in [-0.4, -0.2) is 22.7 Å². The van der Waals surface area contributed by atoms with Gasteiger partial charge in [-0.25, -0.2) is 14.3 Å². The standard InChI is InChI=1S/C21H14ClFN4O3S/c1-11-10-31-21(24-11)26-18(28)12-3-2-4-14(9-12)25-17-16(22)19(29)27(20(17)30)15-7-5-13(23)6-8-15/h2-10,25H,1H3,(H,24,26,28). The highest BCUT2D eigenvalue weighted by atomic mass is 35.5. The number of aryl methyl sites for hydroxylation is 1. The van der Waals surface area contributed by atoms with Crippen molar-refractivity contribution in [2.75, 3.05) is 15.5 Å². The van der Waals surface area contributed by atoms with Crippen molar-refractivity contribution in [1.29, 1.82) is 0 Å². The lowest BCUT2D eigenvalue weighted by molar-refractivity contribution is -0.120. The SMILES string of the molecule is Cc1csc(NC(=O)c2cccc(NC3=C(Cl)C(=O)N(c4ccc(F)cc4)C3=O)c2)n1. The first-order valence-corrected chi connectivity index (χ1v) is 10.2. The second kappa shape index (κ2) is 8.29. The van der Waals surface area contributed by atoms with E-state index < -0.39 is 17.6 Å². The molecule has 156 valence electrons. The number of nitrogens with zero attached hydrogens (tertiary/aromatic N) is 2. The van der Waals surface area contributed by atoms with Crippen molar-refractivity contribution in [3.8, 4) is 0 Å². The van der Waals surface area contributed by atoms with Gasteiger partial charge >= 0.3 is 0 Å². The summed E-state index contributed by atoms with van der Waals surface area (Å²) in [7, 11) is 0. The summed E-state index contributed by atoms with van der Waals surface area (Å²) in [6.45, 7) is 1.82. The summed E-state index contributed by atoms with van der Waals surface area (Å²) in [5, 5.41) is 7.50. The van der Waals surface area contributed by atoms with Gasteiger partial charge in [-0.3, -0.25) is 19.7 Å². The summed E-state index contributed by atoms with van der Waals surface area (Å²) < 4.78 is 13.2. The summed E-state index contributed by atoms with van der Waals surface area (Å²) in [5.74, 6) is -2.29. The minimum absolute atomic E-state index is 0.135. The number of hydrogen-bond acceptors (Lipinski definition) is 6. The Hall–Kier alpha value is -3.56. The van der Waals surface area contributed by atoms with Crippen molar-refractivity contribution in [1.82, 2.24) is 4.98 Å². The van der Waals surface area contributed by atoms with Crippen LogP contribution in [0.5, 0.6) is 0 Å². The third-order valence-corrected chi connectivity index (χ3v) is 5.57. The van der Waals surface area contributed by atoms with E-state index in [1.54, 1.807) is 18.2 Å². The first kappa shape index (κ1) is 20.7. The van der Waals surface area contributed by atoms with E-state index in [1.807, 2.05) is 12.3 Å². The topological polar surface area (TPSA) is 91.4 Å². The smallest absolute Gasteiger partial charge is 0.283 e. The zero-order chi connectivity index (χ0) is 22.1. The molecule has 0 radical (unpaired) electrons. The van der Waals surface area contributed by atoms with Crippen LogP contribution in [0.4, 0.5) is 20.9 Å². The molecule has 3 aromatic rings. The molecular weight excluding hydrogens is 443 g/mol. The quantitative estimate of drug-likeness (QED) is 0.559. The van der Waals surface area contributed by atoms with Crippen LogP contribution in [0.25, 0.3) is 0 Å². The highest BCUT2D eigenvalue weighted by Crippen LogP contribution is 2.30. The van der Waals surface area contributed by atoms with Gasteiger partial charge in [-0.1, -0.05) is 17.7 Å². The lowest BCUT2D eigenvalue weighted by atomic mass is 10.2. The second-order valence-corrected chi connectivity index (χ2v) is 7.80. The number of aromatic nitrogens is 1. The Balaban J connectivity index is 1.54. The van der Waals surface area contributed by atoms with Gasteiger partial charge < -0.3 is 5.32 Å². The van der Waals surface area contributed by atoms with Crippen LogP contribution in [-0.2, 0) is 9.59 Å². The van der Waals surface area contributed by atoms with Gasteiger partial charge in [0.15, 0.2) is 5.13 Å². The number of rotatable bonds is 5. The van der Waals surface area contributed by atoms with Crippen LogP contribution in [0.15, 0.2) is 64.6 Å². The highest BCUT2D eigenvalue weighted by molar-refractivity contribution is 7.13. The Morgan fingerprint density at radius 1 is 1.13 bits per heavy atom. The summed E-state index contributed by atoms with van der Waals surface area (Å²) in [4.78, 5) is 42.8. The Labute approximate surface area is 185 Å². The van der Waals surface area contributed by atoms with Crippen LogP contribution < -0.4 is 15.5 Å². The van der Waals surface area contributed by atoms with E-state index >= 15 is 0 Å². The molecule has 2 aromatic carbocycles. The van der Waals surface area contributed by atoms with Crippen molar-refractivity contribution < 1.29 is 18.8 Å². The van der Waals surface area contributed by atoms with Gasteiger partial charge in [0.05, 0.1) is 11.4 Å². The molecule has 0 saturated heterocycles. The number of imide groups is 1. The zero-order valence-electron chi connectivity index (χ0n) is 16.0. The molecule has 7 nitrogen and oxygen atoms in total. The molecular formula is C21H14ClFN4O3S. The van der Waals surface area contributed by atoms with Crippen molar-refractivity contribution in [2.24, 2.45) is 0 Å². The molecule has 0 bridgehead atoms. The van der Waals surface area contributed by atoms with Gasteiger partial charge in [0.1, 0.15) is 16.5 Å². The van der Waals surface area contributed by atoms with Crippen LogP contribution >= 0.6 is 22.9 Å². The fourth-order valence-electron chi connectivity index (χ4n) is 2.90. The van der Waals surface area contributed by atoms with E-state index in [0.29, 0.717) is 16.4 Å². The summed E-state index contributed by atoms with van der Waals surface area (Å²) in [5.41, 5.74) is 1.56. The number of amides is 3. The Morgan fingerprint density at radius 3 is 2.55 bits per heavy atom. The highest BCUT2D eigenvalue weighted by Gasteiger charge is 2.39. The molecule has 0 unspecified atom stereocenters. The van der Waals surface area contributed by atoms with Crippen LogP contribution in [0.2, 0.25) is 0 Å². The van der Waals surface area contributed by atoms with Crippen molar-refractivity contribution in [2.45, 2.75) is 6.92 Å². The van der Waals surface area contributed by atoms with Crippen molar-refractivity contribution in [3.05, 3.63) is 81.7 Å². The lowest BCUT2D eigenvalue weighted by Crippen LogP contribution is -2.32. The lowest BCUT2D eigenvalue weighted by Gasteiger charge is -2.15. The number of anilines is 3. The van der Waals surface area contributed by atoms with Gasteiger partial charge in [-0.05, 0) is 49.4 Å². The second-order valence-electron chi connectivity index (χ2n) is 6.57. The van der Waals surface area contributed by atoms with E-state index in [2.05, 4.69) is 15.6 Å². The molecule has 0 fully saturated rings. The molecule has 0 aliphatic carbocycles. The van der Waals surface area contributed by atoms with Crippen molar-refractivity contribution in [3.63, 3.8) is 0 Å². The Morgan fingerprint density at radius 2 is 1.87 bits per heavy atom. The average molecular weight is 457 g/mol. The van der Waals surface area contributed by atoms with Crippen LogP contribution in [0.3, 0.4) is 0 Å². The Bertz CT molecular complexity index is 1240. The maximum absolute atomic E-state index is 13.2. The molecule has 2 N–H and O–H groups in total. The first-order chi connectivity index (χ1) is 14.8. The molecule has 1 aliphatic rings. The normalized spacial score (nSPS) is 13.7. The minimum atomic E-state index is -0.728. The molecule has 3 amide bonds. The number of benzene rings is 2. The fraction of sp³-hybridized carbons (Fsp3) is 0.0476. The molecule has 4 rings (SSSR count). The molecule has 10 heteroatoms. The average Bonchev–Trinajstić information content (AvgIpc) is 3.25. The monoisotopic (exact) mass is 456 g/mol. The third kappa shape index (κ3) is 4.18. The van der Waals surface area contributed by atoms with E-state index in [1.165, 1.54) is 29.5 Å².